The number of hydrogen-bond acceptors (Lipinski definition) is 1. The van der Waals surface area contributed by atoms with Crippen molar-refractivity contribution in [1.82, 2.24) is 4.90 Å². The number of hydrogen-bond donors (Lipinski definition) is 0. The lowest BCUT2D eigenvalue weighted by Crippen LogP contribution is -2.42. The molecule has 0 amide bonds. The van der Waals surface area contributed by atoms with Gasteiger partial charge in [0.25, 0.3) is 0 Å². The average molecular weight is 314 g/mol. The van der Waals surface area contributed by atoms with Gasteiger partial charge in [0.15, 0.2) is 0 Å². The molecule has 2 bridgehead atoms. The number of alkyl halides is 1. The van der Waals surface area contributed by atoms with Crippen LogP contribution in [0.15, 0.2) is 0 Å². The van der Waals surface area contributed by atoms with Crippen LogP contribution < -0.4 is 0 Å². The highest BCUT2D eigenvalue weighted by Crippen LogP contribution is 2.48. The molecule has 0 N–H and O–H groups in total. The summed E-state index contributed by atoms with van der Waals surface area (Å²) >= 11 is 3.67. The van der Waals surface area contributed by atoms with E-state index >= 15 is 0 Å². The van der Waals surface area contributed by atoms with E-state index in [0.29, 0.717) is 0 Å². The normalized spacial score (nSPS) is 36.7. The van der Waals surface area contributed by atoms with Gasteiger partial charge in [-0.3, -0.25) is 4.90 Å². The maximum atomic E-state index is 3.67. The highest BCUT2D eigenvalue weighted by atomic mass is 79.9. The number of halogens is 1. The van der Waals surface area contributed by atoms with E-state index in [1.807, 2.05) is 0 Å². The van der Waals surface area contributed by atoms with Gasteiger partial charge in [0, 0.05) is 24.5 Å². The largest absolute Gasteiger partial charge is 0.299 e. The first-order valence-corrected chi connectivity index (χ1v) is 9.29. The molecular weight excluding hydrogens is 286 g/mol. The van der Waals surface area contributed by atoms with E-state index in [-0.39, 0.29) is 0 Å². The lowest BCUT2D eigenvalue weighted by atomic mass is 9.87. The van der Waals surface area contributed by atoms with E-state index in [1.165, 1.54) is 45.2 Å². The first-order valence-electron chi connectivity index (χ1n) is 8.17. The van der Waals surface area contributed by atoms with Crippen LogP contribution in [-0.2, 0) is 0 Å². The Morgan fingerprint density at radius 2 is 1.78 bits per heavy atom. The molecule has 3 unspecified atom stereocenters. The topological polar surface area (TPSA) is 3.24 Å². The summed E-state index contributed by atoms with van der Waals surface area (Å²) < 4.78 is 0. The highest BCUT2D eigenvalue weighted by Gasteiger charge is 2.40. The van der Waals surface area contributed by atoms with Gasteiger partial charge in [0.05, 0.1) is 0 Å². The number of nitrogens with zero attached hydrogens (tertiary/aromatic N) is 1. The van der Waals surface area contributed by atoms with Gasteiger partial charge in [0.1, 0.15) is 0 Å². The van der Waals surface area contributed by atoms with Gasteiger partial charge in [-0.25, -0.2) is 0 Å². The molecule has 0 aromatic heterocycles. The van der Waals surface area contributed by atoms with E-state index in [4.69, 9.17) is 0 Å². The molecule has 3 atom stereocenters. The molecular formula is C16H28BrN. The fraction of sp³-hybridized carbons (Fsp3) is 1.00. The molecule has 3 rings (SSSR count). The first kappa shape index (κ1) is 13.4. The van der Waals surface area contributed by atoms with Gasteiger partial charge in [-0.2, -0.15) is 0 Å². The lowest BCUT2D eigenvalue weighted by Gasteiger charge is -2.37. The van der Waals surface area contributed by atoms with E-state index in [0.717, 1.165) is 29.1 Å². The molecule has 3 aliphatic carbocycles. The zero-order valence-electron chi connectivity index (χ0n) is 11.6. The first-order chi connectivity index (χ1) is 8.86. The van der Waals surface area contributed by atoms with Gasteiger partial charge < -0.3 is 0 Å². The summed E-state index contributed by atoms with van der Waals surface area (Å²) in [5.74, 6) is 3.25. The van der Waals surface area contributed by atoms with Crippen molar-refractivity contribution in [3.63, 3.8) is 0 Å². The number of rotatable bonds is 5. The number of fused-ring (bicyclic) bond motifs is 2. The SMILES string of the molecule is BrCCN(CC1CC2CCC1C2)C1CCCCC1. The quantitative estimate of drug-likeness (QED) is 0.678. The third-order valence-electron chi connectivity index (χ3n) is 5.82. The lowest BCUT2D eigenvalue weighted by molar-refractivity contribution is 0.122. The zero-order valence-corrected chi connectivity index (χ0v) is 13.2. The molecule has 3 saturated carbocycles. The van der Waals surface area contributed by atoms with Crippen LogP contribution in [0.3, 0.4) is 0 Å². The Labute approximate surface area is 121 Å². The summed E-state index contributed by atoms with van der Waals surface area (Å²) in [6, 6.07) is 0.912. The highest BCUT2D eigenvalue weighted by molar-refractivity contribution is 9.09. The molecule has 3 fully saturated rings. The van der Waals surface area contributed by atoms with Gasteiger partial charge in [0.2, 0.25) is 0 Å². The third-order valence-corrected chi connectivity index (χ3v) is 6.17. The Kier molecular flexibility index (Phi) is 4.67. The van der Waals surface area contributed by atoms with Crippen LogP contribution in [0, 0.1) is 17.8 Å². The summed E-state index contributed by atoms with van der Waals surface area (Å²) in [4.78, 5) is 2.85. The monoisotopic (exact) mass is 313 g/mol. The van der Waals surface area contributed by atoms with Crippen molar-refractivity contribution in [3.05, 3.63) is 0 Å². The molecule has 18 heavy (non-hydrogen) atoms. The van der Waals surface area contributed by atoms with Crippen LogP contribution in [0.1, 0.15) is 57.8 Å². The summed E-state index contributed by atoms with van der Waals surface area (Å²) in [6.07, 6.45) is 13.6. The van der Waals surface area contributed by atoms with Crippen LogP contribution >= 0.6 is 15.9 Å². The molecule has 0 spiro atoms. The predicted octanol–water partition coefficient (Wildman–Crippen LogP) is 4.45. The molecule has 0 aliphatic heterocycles. The van der Waals surface area contributed by atoms with Crippen molar-refractivity contribution in [2.24, 2.45) is 17.8 Å². The Morgan fingerprint density at radius 1 is 0.944 bits per heavy atom. The molecule has 2 heteroatoms. The van der Waals surface area contributed by atoms with Gasteiger partial charge >= 0.3 is 0 Å². The molecule has 0 aromatic carbocycles. The van der Waals surface area contributed by atoms with Gasteiger partial charge in [-0.05, 0) is 49.9 Å². The standard InChI is InChI=1S/C16H28BrN/c17-8-9-18(16-4-2-1-3-5-16)12-15-11-13-6-7-14(15)10-13/h13-16H,1-12H2. The maximum Gasteiger partial charge on any atom is 0.0159 e. The average Bonchev–Trinajstić information content (AvgIpc) is 3.01. The van der Waals surface area contributed by atoms with Crippen LogP contribution in [0.25, 0.3) is 0 Å². The summed E-state index contributed by atoms with van der Waals surface area (Å²) in [5.41, 5.74) is 0. The molecule has 0 saturated heterocycles. The molecule has 0 radical (unpaired) electrons. The summed E-state index contributed by atoms with van der Waals surface area (Å²) in [7, 11) is 0. The molecule has 0 heterocycles. The smallest absolute Gasteiger partial charge is 0.0159 e. The van der Waals surface area contributed by atoms with Crippen LogP contribution in [0.4, 0.5) is 0 Å². The summed E-state index contributed by atoms with van der Waals surface area (Å²) in [6.45, 7) is 2.69. The fourth-order valence-electron chi connectivity index (χ4n) is 4.88. The Morgan fingerprint density at radius 3 is 2.39 bits per heavy atom. The van der Waals surface area contributed by atoms with Crippen molar-refractivity contribution in [2.45, 2.75) is 63.8 Å². The fourth-order valence-corrected chi connectivity index (χ4v) is 5.33. The Hall–Kier alpha value is 0.440. The minimum atomic E-state index is 0.912. The van der Waals surface area contributed by atoms with Gasteiger partial charge in [-0.15, -0.1) is 0 Å². The van der Waals surface area contributed by atoms with E-state index < -0.39 is 0 Å². The minimum Gasteiger partial charge on any atom is -0.299 e. The van der Waals surface area contributed by atoms with E-state index in [2.05, 4.69) is 20.8 Å². The van der Waals surface area contributed by atoms with Crippen LogP contribution in [0.2, 0.25) is 0 Å². The molecule has 104 valence electrons. The second-order valence-corrected chi connectivity index (χ2v) is 7.70. The van der Waals surface area contributed by atoms with Crippen LogP contribution in [0.5, 0.6) is 0 Å². The van der Waals surface area contributed by atoms with Crippen LogP contribution in [-0.4, -0.2) is 29.4 Å². The van der Waals surface area contributed by atoms with Gasteiger partial charge in [-0.1, -0.05) is 41.6 Å². The summed E-state index contributed by atoms with van der Waals surface area (Å²) in [5, 5.41) is 1.16. The Balaban J connectivity index is 1.55. The van der Waals surface area contributed by atoms with E-state index in [1.54, 1.807) is 25.7 Å². The van der Waals surface area contributed by atoms with Crippen molar-refractivity contribution in [1.29, 1.82) is 0 Å². The predicted molar refractivity (Wildman–Crippen MR) is 81.2 cm³/mol. The van der Waals surface area contributed by atoms with E-state index in [9.17, 15) is 0 Å². The van der Waals surface area contributed by atoms with Crippen molar-refractivity contribution in [3.8, 4) is 0 Å². The van der Waals surface area contributed by atoms with Crippen molar-refractivity contribution >= 4 is 15.9 Å². The minimum absolute atomic E-state index is 0.912. The zero-order chi connectivity index (χ0) is 12.4. The molecule has 1 nitrogen and oxygen atoms in total. The second-order valence-electron chi connectivity index (χ2n) is 6.91. The second kappa shape index (κ2) is 6.26. The molecule has 0 aromatic rings. The van der Waals surface area contributed by atoms with Crippen molar-refractivity contribution in [2.75, 3.05) is 18.4 Å². The maximum absolute atomic E-state index is 3.67. The molecule has 3 aliphatic rings. The third kappa shape index (κ3) is 2.95. The van der Waals surface area contributed by atoms with Crippen molar-refractivity contribution < 1.29 is 0 Å². The Bertz CT molecular complexity index is 262.